The fraction of sp³-hybridized carbons (Fsp3) is 0.333. The second-order valence-electron chi connectivity index (χ2n) is 6.22. The molecule has 136 valence electrons. The van der Waals surface area contributed by atoms with Crippen LogP contribution in [0.2, 0.25) is 0 Å². The van der Waals surface area contributed by atoms with Crippen molar-refractivity contribution in [3.63, 3.8) is 0 Å². The summed E-state index contributed by atoms with van der Waals surface area (Å²) in [6.07, 6.45) is 1.71. The molecule has 1 aromatic carbocycles. The third kappa shape index (κ3) is 4.27. The number of nitrogens with zero attached hydrogens (tertiary/aromatic N) is 4. The van der Waals surface area contributed by atoms with Crippen molar-refractivity contribution in [1.82, 2.24) is 14.9 Å². The van der Waals surface area contributed by atoms with E-state index in [1.54, 1.807) is 18.0 Å². The summed E-state index contributed by atoms with van der Waals surface area (Å²) in [7, 11) is 1.77. The van der Waals surface area contributed by atoms with Crippen molar-refractivity contribution >= 4 is 23.5 Å². The van der Waals surface area contributed by atoms with Crippen molar-refractivity contribution in [2.24, 2.45) is 0 Å². The molecule has 1 aliphatic rings. The number of carboxylic acids is 1. The number of anilines is 2. The second kappa shape index (κ2) is 7.81. The smallest absolute Gasteiger partial charge is 0.326 e. The second-order valence-corrected chi connectivity index (χ2v) is 6.22. The highest BCUT2D eigenvalue weighted by atomic mass is 16.4. The number of hydrogen-bond donors (Lipinski definition) is 2. The number of benzene rings is 1. The zero-order chi connectivity index (χ0) is 18.5. The van der Waals surface area contributed by atoms with E-state index in [4.69, 9.17) is 0 Å². The molecule has 1 amide bonds. The highest BCUT2D eigenvalue weighted by Crippen LogP contribution is 2.17. The number of carbonyl (C=O) groups is 2. The molecule has 0 spiro atoms. The first-order chi connectivity index (χ1) is 12.5. The van der Waals surface area contributed by atoms with Crippen LogP contribution in [0.15, 0.2) is 42.7 Å². The Morgan fingerprint density at radius 2 is 2.04 bits per heavy atom. The number of carboxylic acid groups (broad SMARTS) is 1. The molecule has 3 rings (SSSR count). The number of carbonyl (C=O) groups excluding carboxylic acids is 1. The highest BCUT2D eigenvalue weighted by molar-refractivity contribution is 5.82. The van der Waals surface area contributed by atoms with Crippen molar-refractivity contribution in [3.05, 3.63) is 48.3 Å². The zero-order valence-corrected chi connectivity index (χ0v) is 14.5. The predicted molar refractivity (Wildman–Crippen MR) is 97.1 cm³/mol. The van der Waals surface area contributed by atoms with E-state index in [2.05, 4.69) is 15.3 Å². The van der Waals surface area contributed by atoms with E-state index < -0.39 is 12.0 Å². The molecule has 1 atom stereocenters. The molecule has 8 nitrogen and oxygen atoms in total. The molecule has 2 heterocycles. The van der Waals surface area contributed by atoms with E-state index in [0.29, 0.717) is 31.1 Å². The van der Waals surface area contributed by atoms with E-state index in [1.807, 2.05) is 35.2 Å². The van der Waals surface area contributed by atoms with Crippen LogP contribution in [0.5, 0.6) is 0 Å². The van der Waals surface area contributed by atoms with Crippen LogP contribution in [0.1, 0.15) is 5.56 Å². The molecule has 26 heavy (non-hydrogen) atoms. The minimum Gasteiger partial charge on any atom is -0.480 e. The lowest BCUT2D eigenvalue weighted by Crippen LogP contribution is -2.48. The van der Waals surface area contributed by atoms with E-state index in [9.17, 15) is 14.7 Å². The van der Waals surface area contributed by atoms with Gasteiger partial charge in [-0.15, -0.1) is 0 Å². The Morgan fingerprint density at radius 3 is 2.73 bits per heavy atom. The summed E-state index contributed by atoms with van der Waals surface area (Å²) >= 11 is 0. The molecule has 0 radical (unpaired) electrons. The lowest BCUT2D eigenvalue weighted by atomic mass is 10.1. The number of aromatic nitrogens is 2. The molecule has 1 saturated heterocycles. The van der Waals surface area contributed by atoms with Crippen molar-refractivity contribution < 1.29 is 14.7 Å². The lowest BCUT2D eigenvalue weighted by molar-refractivity contribution is -0.138. The number of rotatable bonds is 6. The van der Waals surface area contributed by atoms with Crippen molar-refractivity contribution in [1.29, 1.82) is 0 Å². The third-order valence-corrected chi connectivity index (χ3v) is 4.34. The Balaban J connectivity index is 1.72. The molecule has 1 aliphatic heterocycles. The van der Waals surface area contributed by atoms with Crippen molar-refractivity contribution in [2.45, 2.75) is 12.5 Å². The maximum absolute atomic E-state index is 11.9. The van der Waals surface area contributed by atoms with Gasteiger partial charge in [-0.2, -0.15) is 0 Å². The topological polar surface area (TPSA) is 98.7 Å². The maximum Gasteiger partial charge on any atom is 0.326 e. The number of aliphatic carboxylic acids is 1. The first-order valence-corrected chi connectivity index (χ1v) is 8.37. The number of amides is 1. The third-order valence-electron chi connectivity index (χ3n) is 4.34. The highest BCUT2D eigenvalue weighted by Gasteiger charge is 2.23. The summed E-state index contributed by atoms with van der Waals surface area (Å²) in [4.78, 5) is 35.4. The maximum atomic E-state index is 11.9. The van der Waals surface area contributed by atoms with Crippen LogP contribution in [-0.2, 0) is 16.0 Å². The van der Waals surface area contributed by atoms with Crippen LogP contribution in [-0.4, -0.2) is 64.6 Å². The summed E-state index contributed by atoms with van der Waals surface area (Å²) in [5.74, 6) is 0.0955. The van der Waals surface area contributed by atoms with Crippen LogP contribution in [0.4, 0.5) is 11.6 Å². The lowest BCUT2D eigenvalue weighted by Gasteiger charge is -2.32. The van der Waals surface area contributed by atoms with E-state index >= 15 is 0 Å². The molecule has 8 heteroatoms. The zero-order valence-electron chi connectivity index (χ0n) is 14.5. The monoisotopic (exact) mass is 355 g/mol. The molecular weight excluding hydrogens is 334 g/mol. The van der Waals surface area contributed by atoms with Gasteiger partial charge >= 0.3 is 5.97 Å². The van der Waals surface area contributed by atoms with Gasteiger partial charge in [-0.05, 0) is 5.56 Å². The molecule has 0 saturated carbocycles. The number of likely N-dealkylation sites (N-methyl/N-ethyl adjacent to an activating group) is 1. The van der Waals surface area contributed by atoms with Crippen LogP contribution >= 0.6 is 0 Å². The molecule has 0 bridgehead atoms. The number of piperazine rings is 1. The Hall–Kier alpha value is -3.16. The van der Waals surface area contributed by atoms with Gasteiger partial charge in [0.1, 0.15) is 24.0 Å². The van der Waals surface area contributed by atoms with Gasteiger partial charge in [0, 0.05) is 32.6 Å². The van der Waals surface area contributed by atoms with E-state index in [0.717, 1.165) is 5.56 Å². The molecule has 1 fully saturated rings. The van der Waals surface area contributed by atoms with E-state index in [1.165, 1.54) is 6.33 Å². The van der Waals surface area contributed by atoms with Gasteiger partial charge in [-0.1, -0.05) is 30.3 Å². The summed E-state index contributed by atoms with van der Waals surface area (Å²) in [6, 6.07) is 10.3. The fourth-order valence-corrected chi connectivity index (χ4v) is 2.78. The van der Waals surface area contributed by atoms with Crippen molar-refractivity contribution in [2.75, 3.05) is 36.9 Å². The molecule has 2 aromatic rings. The van der Waals surface area contributed by atoms with Gasteiger partial charge in [0.25, 0.3) is 0 Å². The molecular formula is C18H21N5O3. The summed E-state index contributed by atoms with van der Waals surface area (Å²) in [6.45, 7) is 1.54. The van der Waals surface area contributed by atoms with Crippen LogP contribution < -0.4 is 10.2 Å². The van der Waals surface area contributed by atoms with Gasteiger partial charge in [-0.25, -0.2) is 14.8 Å². The average Bonchev–Trinajstić information content (AvgIpc) is 2.64. The quantitative estimate of drug-likeness (QED) is 0.793. The van der Waals surface area contributed by atoms with Gasteiger partial charge in [-0.3, -0.25) is 4.79 Å². The standard InChI is InChI=1S/C18H21N5O3/c1-22-7-8-23(11-17(22)24)16-10-15(19-12-20-16)21-14(18(25)26)9-13-5-3-2-4-6-13/h2-6,10,12,14H,7-9,11H2,1H3,(H,25,26)(H,19,20,21)/t14-/m1/s1. The molecule has 2 N–H and O–H groups in total. The van der Waals surface area contributed by atoms with Crippen LogP contribution in [0.25, 0.3) is 0 Å². The first kappa shape index (κ1) is 17.7. The summed E-state index contributed by atoms with van der Waals surface area (Å²) in [5, 5.41) is 12.5. The minimum atomic E-state index is -0.955. The number of nitrogens with one attached hydrogen (secondary N) is 1. The van der Waals surface area contributed by atoms with Gasteiger partial charge in [0.15, 0.2) is 0 Å². The van der Waals surface area contributed by atoms with Crippen LogP contribution in [0, 0.1) is 0 Å². The predicted octanol–water partition coefficient (Wildman–Crippen LogP) is 0.863. The minimum absolute atomic E-state index is 0.0249. The van der Waals surface area contributed by atoms with E-state index in [-0.39, 0.29) is 12.5 Å². The SMILES string of the molecule is CN1CCN(c2cc(N[C@H](Cc3ccccc3)C(=O)O)ncn2)CC1=O. The number of hydrogen-bond acceptors (Lipinski definition) is 6. The molecule has 1 aromatic heterocycles. The Labute approximate surface area is 151 Å². The van der Waals surface area contributed by atoms with Crippen molar-refractivity contribution in [3.8, 4) is 0 Å². The van der Waals surface area contributed by atoms with Gasteiger partial charge in [0.2, 0.25) is 5.91 Å². The van der Waals surface area contributed by atoms with Gasteiger partial charge < -0.3 is 20.2 Å². The van der Waals surface area contributed by atoms with Crippen LogP contribution in [0.3, 0.4) is 0 Å². The Kier molecular flexibility index (Phi) is 5.31. The first-order valence-electron chi connectivity index (χ1n) is 8.37. The Bertz CT molecular complexity index is 783. The normalized spacial score (nSPS) is 15.7. The van der Waals surface area contributed by atoms with Gasteiger partial charge in [0.05, 0.1) is 6.54 Å². The Morgan fingerprint density at radius 1 is 1.27 bits per heavy atom. The average molecular weight is 355 g/mol. The summed E-state index contributed by atoms with van der Waals surface area (Å²) in [5.41, 5.74) is 0.923. The molecule has 0 aliphatic carbocycles. The largest absolute Gasteiger partial charge is 0.480 e. The fourth-order valence-electron chi connectivity index (χ4n) is 2.78. The molecule has 0 unspecified atom stereocenters. The summed E-state index contributed by atoms with van der Waals surface area (Å²) < 4.78 is 0.